The molecule has 12 heteroatoms. The van der Waals surface area contributed by atoms with Crippen LogP contribution in [0.4, 0.5) is 13.2 Å². The van der Waals surface area contributed by atoms with Crippen molar-refractivity contribution in [3.05, 3.63) is 51.3 Å². The first kappa shape index (κ1) is 22.6. The van der Waals surface area contributed by atoms with E-state index in [4.69, 9.17) is 0 Å². The summed E-state index contributed by atoms with van der Waals surface area (Å²) in [7, 11) is 0. The van der Waals surface area contributed by atoms with E-state index in [0.29, 0.717) is 31.9 Å². The van der Waals surface area contributed by atoms with Gasteiger partial charge in [-0.3, -0.25) is 14.2 Å². The minimum atomic E-state index is -4.45. The van der Waals surface area contributed by atoms with Crippen LogP contribution in [0.5, 0.6) is 0 Å². The van der Waals surface area contributed by atoms with E-state index in [2.05, 4.69) is 36.5 Å². The van der Waals surface area contributed by atoms with E-state index in [-0.39, 0.29) is 17.5 Å². The van der Waals surface area contributed by atoms with E-state index in [1.807, 2.05) is 13.8 Å². The topological polar surface area (TPSA) is 82.6 Å². The minimum absolute atomic E-state index is 0.153. The van der Waals surface area contributed by atoms with Gasteiger partial charge in [-0.05, 0) is 61.2 Å². The normalized spacial score (nSPS) is 14.2. The van der Waals surface area contributed by atoms with Gasteiger partial charge in [-0.25, -0.2) is 4.68 Å². The highest BCUT2D eigenvalue weighted by Gasteiger charge is 2.37. The molecule has 0 spiro atoms. The number of aryl methyl sites for hydroxylation is 2. The van der Waals surface area contributed by atoms with Crippen LogP contribution >= 0.6 is 15.9 Å². The number of aromatic nitrogens is 6. The maximum Gasteiger partial charge on any atom is 0.435 e. The molecule has 0 saturated heterocycles. The lowest BCUT2D eigenvalue weighted by Crippen LogP contribution is -2.26. The second-order valence-electron chi connectivity index (χ2n) is 7.93. The van der Waals surface area contributed by atoms with Crippen LogP contribution in [-0.4, -0.2) is 41.8 Å². The van der Waals surface area contributed by atoms with E-state index in [1.165, 1.54) is 4.68 Å². The summed E-state index contributed by atoms with van der Waals surface area (Å²) in [6, 6.07) is 2.76. The van der Waals surface area contributed by atoms with Crippen LogP contribution in [0.1, 0.15) is 58.4 Å². The maximum atomic E-state index is 13.0. The van der Waals surface area contributed by atoms with Gasteiger partial charge in [-0.2, -0.15) is 28.5 Å². The molecule has 8 nitrogen and oxygen atoms in total. The van der Waals surface area contributed by atoms with Crippen molar-refractivity contribution in [3.8, 4) is 0 Å². The smallest absolute Gasteiger partial charge is 0.351 e. The Hall–Kier alpha value is -2.63. The lowest BCUT2D eigenvalue weighted by atomic mass is 10.2. The molecule has 3 aromatic heterocycles. The largest absolute Gasteiger partial charge is 0.435 e. The highest BCUT2D eigenvalue weighted by Crippen LogP contribution is 2.42. The molecular weight excluding hydrogens is 491 g/mol. The van der Waals surface area contributed by atoms with Gasteiger partial charge in [0.25, 0.3) is 5.91 Å². The lowest BCUT2D eigenvalue weighted by molar-refractivity contribution is -0.141. The average Bonchev–Trinajstić information content (AvgIpc) is 3.22. The zero-order valence-electron chi connectivity index (χ0n) is 17.7. The number of nitrogens with zero attached hydrogens (tertiary/aromatic N) is 6. The second-order valence-corrected chi connectivity index (χ2v) is 8.72. The minimum Gasteiger partial charge on any atom is -0.351 e. The molecule has 1 amide bonds. The number of hydrogen-bond donors (Lipinski definition) is 1. The number of carbonyl (C=O) groups is 1. The average molecular weight is 514 g/mol. The summed E-state index contributed by atoms with van der Waals surface area (Å²) in [5.74, 6) is -0.183. The van der Waals surface area contributed by atoms with Gasteiger partial charge >= 0.3 is 6.18 Å². The second kappa shape index (κ2) is 8.72. The summed E-state index contributed by atoms with van der Waals surface area (Å²) in [5.41, 5.74) is 1.86. The van der Waals surface area contributed by atoms with Gasteiger partial charge in [-0.1, -0.05) is 0 Å². The van der Waals surface area contributed by atoms with Gasteiger partial charge in [0.15, 0.2) is 5.69 Å². The highest BCUT2D eigenvalue weighted by molar-refractivity contribution is 9.10. The lowest BCUT2D eigenvalue weighted by Gasteiger charge is -2.08. The molecule has 0 radical (unpaired) electrons. The van der Waals surface area contributed by atoms with E-state index in [0.717, 1.165) is 34.8 Å². The van der Waals surface area contributed by atoms with Crippen molar-refractivity contribution < 1.29 is 18.0 Å². The van der Waals surface area contributed by atoms with E-state index in [1.54, 1.807) is 21.6 Å². The molecule has 0 bridgehead atoms. The van der Waals surface area contributed by atoms with Crippen LogP contribution < -0.4 is 5.32 Å². The third-order valence-corrected chi connectivity index (χ3v) is 6.52. The van der Waals surface area contributed by atoms with Crippen LogP contribution in [0.2, 0.25) is 0 Å². The number of carbonyl (C=O) groups excluding carboxylic acids is 1. The van der Waals surface area contributed by atoms with Crippen molar-refractivity contribution in [3.63, 3.8) is 0 Å². The van der Waals surface area contributed by atoms with E-state index < -0.39 is 11.9 Å². The van der Waals surface area contributed by atoms with Gasteiger partial charge in [0.05, 0.1) is 15.9 Å². The molecule has 3 aromatic rings. The standard InChI is InChI=1S/C20H23BrF3N7O/c1-12-18(21)13(2)31(26-12)11-29-9-6-15(27-29)19(32)25-7-3-8-30-16(14-4-5-14)10-17(28-30)20(22,23)24/h6,9-10,14H,3-5,7-8,11H2,1-2H3,(H,25,32). The molecule has 1 N–H and O–H groups in total. The van der Waals surface area contributed by atoms with Crippen molar-refractivity contribution in [2.45, 2.75) is 58.4 Å². The fourth-order valence-electron chi connectivity index (χ4n) is 3.49. The zero-order chi connectivity index (χ0) is 23.0. The first-order valence-corrected chi connectivity index (χ1v) is 11.1. The summed E-state index contributed by atoms with van der Waals surface area (Å²) in [5, 5.41) is 15.2. The summed E-state index contributed by atoms with van der Waals surface area (Å²) < 4.78 is 44.7. The first-order chi connectivity index (χ1) is 15.1. The molecule has 1 aliphatic carbocycles. The van der Waals surface area contributed by atoms with E-state index >= 15 is 0 Å². The summed E-state index contributed by atoms with van der Waals surface area (Å²) in [4.78, 5) is 12.4. The molecule has 0 atom stereocenters. The molecule has 3 heterocycles. The number of amides is 1. The predicted octanol–water partition coefficient (Wildman–Crippen LogP) is 3.88. The van der Waals surface area contributed by atoms with Gasteiger partial charge in [0.2, 0.25) is 0 Å². The Labute approximate surface area is 190 Å². The van der Waals surface area contributed by atoms with Crippen molar-refractivity contribution in [2.75, 3.05) is 6.54 Å². The maximum absolute atomic E-state index is 13.0. The highest BCUT2D eigenvalue weighted by atomic mass is 79.9. The first-order valence-electron chi connectivity index (χ1n) is 10.3. The quantitative estimate of drug-likeness (QED) is 0.463. The van der Waals surface area contributed by atoms with Gasteiger partial charge in [0.1, 0.15) is 12.4 Å². The molecule has 0 unspecified atom stereocenters. The van der Waals surface area contributed by atoms with Gasteiger partial charge < -0.3 is 5.32 Å². The number of rotatable bonds is 8. The molecule has 0 aromatic carbocycles. The van der Waals surface area contributed by atoms with Crippen LogP contribution in [0.25, 0.3) is 0 Å². The summed E-state index contributed by atoms with van der Waals surface area (Å²) in [6.45, 7) is 4.82. The van der Waals surface area contributed by atoms with Gasteiger partial charge in [0, 0.05) is 30.9 Å². The third-order valence-electron chi connectivity index (χ3n) is 5.37. The van der Waals surface area contributed by atoms with Crippen molar-refractivity contribution in [1.29, 1.82) is 0 Å². The summed E-state index contributed by atoms with van der Waals surface area (Å²) in [6.07, 6.45) is -0.520. The molecular formula is C20H23BrF3N7O. The molecule has 0 aliphatic heterocycles. The van der Waals surface area contributed by atoms with Gasteiger partial charge in [-0.15, -0.1) is 0 Å². The van der Waals surface area contributed by atoms with Crippen LogP contribution in [0, 0.1) is 13.8 Å². The van der Waals surface area contributed by atoms with Crippen LogP contribution in [0.15, 0.2) is 22.8 Å². The SMILES string of the molecule is Cc1nn(Cn2ccc(C(=O)NCCCn3nc(C(F)(F)F)cc3C3CC3)n2)c(C)c1Br. The summed E-state index contributed by atoms with van der Waals surface area (Å²) >= 11 is 3.48. The third kappa shape index (κ3) is 4.89. The Morgan fingerprint density at radius 1 is 1.22 bits per heavy atom. The predicted molar refractivity (Wildman–Crippen MR) is 113 cm³/mol. The van der Waals surface area contributed by atoms with Crippen LogP contribution in [0.3, 0.4) is 0 Å². The molecule has 1 aliphatic rings. The monoisotopic (exact) mass is 513 g/mol. The van der Waals surface area contributed by atoms with Crippen molar-refractivity contribution in [1.82, 2.24) is 34.7 Å². The fourth-order valence-corrected chi connectivity index (χ4v) is 3.77. The Bertz CT molecular complexity index is 1130. The number of alkyl halides is 3. The molecule has 1 saturated carbocycles. The number of nitrogens with one attached hydrogen (secondary N) is 1. The molecule has 172 valence electrons. The Morgan fingerprint density at radius 2 is 1.97 bits per heavy atom. The fraction of sp³-hybridized carbons (Fsp3) is 0.500. The zero-order valence-corrected chi connectivity index (χ0v) is 19.2. The van der Waals surface area contributed by atoms with Crippen molar-refractivity contribution >= 4 is 21.8 Å². The van der Waals surface area contributed by atoms with Crippen LogP contribution in [-0.2, 0) is 19.4 Å². The molecule has 4 rings (SSSR count). The Morgan fingerprint density at radius 3 is 2.59 bits per heavy atom. The Kier molecular flexibility index (Phi) is 6.15. The number of hydrogen-bond acceptors (Lipinski definition) is 4. The Balaban J connectivity index is 1.30. The molecule has 32 heavy (non-hydrogen) atoms. The molecule has 1 fully saturated rings. The van der Waals surface area contributed by atoms with Crippen molar-refractivity contribution in [2.24, 2.45) is 0 Å². The number of halogens is 4. The van der Waals surface area contributed by atoms with E-state index in [9.17, 15) is 18.0 Å².